The number of H-pyrrole nitrogens is 1. The number of aromatic amines is 1. The van der Waals surface area contributed by atoms with Gasteiger partial charge in [0.2, 0.25) is 0 Å². The first-order valence-electron chi connectivity index (χ1n) is 4.77. The van der Waals surface area contributed by atoms with Crippen LogP contribution < -0.4 is 10.1 Å². The lowest BCUT2D eigenvalue weighted by atomic mass is 10.0. The average Bonchev–Trinajstić information content (AvgIpc) is 2.69. The Labute approximate surface area is 89.8 Å². The molecule has 1 atom stereocenters. The Morgan fingerprint density at radius 2 is 2.50 bits per heavy atom. The third kappa shape index (κ3) is 3.20. The highest BCUT2D eigenvalue weighted by atomic mass is 35.5. The third-order valence-corrected chi connectivity index (χ3v) is 2.36. The van der Waals surface area contributed by atoms with Gasteiger partial charge >= 0.3 is 0 Å². The van der Waals surface area contributed by atoms with Crippen LogP contribution in [0.2, 0.25) is 0 Å². The van der Waals surface area contributed by atoms with Crippen molar-refractivity contribution in [3.8, 4) is 5.75 Å². The number of piperidine rings is 1. The normalized spacial score (nSPS) is 21.3. The summed E-state index contributed by atoms with van der Waals surface area (Å²) in [4.78, 5) is 0. The summed E-state index contributed by atoms with van der Waals surface area (Å²) in [5, 5.41) is 9.91. The fourth-order valence-corrected chi connectivity index (χ4v) is 1.60. The Kier molecular flexibility index (Phi) is 4.76. The van der Waals surface area contributed by atoms with Gasteiger partial charge in [0.15, 0.2) is 5.75 Å². The molecule has 1 fully saturated rings. The van der Waals surface area contributed by atoms with Crippen LogP contribution in [-0.4, -0.2) is 29.9 Å². The zero-order valence-electron chi connectivity index (χ0n) is 8.03. The molecule has 0 saturated carbocycles. The lowest BCUT2D eigenvalue weighted by molar-refractivity contribution is 0.218. The highest BCUT2D eigenvalue weighted by molar-refractivity contribution is 5.85. The third-order valence-electron chi connectivity index (χ3n) is 2.36. The molecule has 5 heteroatoms. The number of hydrogen-bond donors (Lipinski definition) is 2. The van der Waals surface area contributed by atoms with E-state index in [0.717, 1.165) is 25.4 Å². The minimum Gasteiger partial charge on any atom is -0.490 e. The molecule has 0 aliphatic carbocycles. The maximum atomic E-state index is 5.55. The van der Waals surface area contributed by atoms with E-state index in [4.69, 9.17) is 4.74 Å². The Morgan fingerprint density at radius 1 is 1.57 bits per heavy atom. The summed E-state index contributed by atoms with van der Waals surface area (Å²) >= 11 is 0. The number of rotatable bonds is 3. The van der Waals surface area contributed by atoms with Gasteiger partial charge in [-0.05, 0) is 19.4 Å². The van der Waals surface area contributed by atoms with Crippen molar-refractivity contribution in [3.05, 3.63) is 12.4 Å². The van der Waals surface area contributed by atoms with Crippen molar-refractivity contribution in [2.24, 2.45) is 5.92 Å². The van der Waals surface area contributed by atoms with Crippen molar-refractivity contribution in [3.63, 3.8) is 0 Å². The smallest absolute Gasteiger partial charge is 0.156 e. The van der Waals surface area contributed by atoms with Crippen LogP contribution in [0.1, 0.15) is 12.8 Å². The first-order valence-corrected chi connectivity index (χ1v) is 4.77. The minimum atomic E-state index is 0. The van der Waals surface area contributed by atoms with E-state index in [1.54, 1.807) is 12.4 Å². The fourth-order valence-electron chi connectivity index (χ4n) is 1.60. The number of aromatic nitrogens is 2. The predicted molar refractivity (Wildman–Crippen MR) is 56.9 cm³/mol. The number of ether oxygens (including phenoxy) is 1. The second kappa shape index (κ2) is 5.88. The molecule has 1 unspecified atom stereocenters. The van der Waals surface area contributed by atoms with Crippen molar-refractivity contribution in [2.45, 2.75) is 12.8 Å². The number of hydrogen-bond acceptors (Lipinski definition) is 3. The molecule has 2 rings (SSSR count). The van der Waals surface area contributed by atoms with Crippen LogP contribution in [0.15, 0.2) is 12.4 Å². The zero-order valence-corrected chi connectivity index (χ0v) is 8.85. The van der Waals surface area contributed by atoms with E-state index in [9.17, 15) is 0 Å². The second-order valence-electron chi connectivity index (χ2n) is 3.46. The lowest BCUT2D eigenvalue weighted by Gasteiger charge is -2.22. The average molecular weight is 218 g/mol. The molecule has 0 aromatic carbocycles. The highest BCUT2D eigenvalue weighted by Gasteiger charge is 2.13. The molecule has 1 aliphatic heterocycles. The predicted octanol–water partition coefficient (Wildman–Crippen LogP) is 1.21. The van der Waals surface area contributed by atoms with Crippen LogP contribution in [0, 0.1) is 5.92 Å². The summed E-state index contributed by atoms with van der Waals surface area (Å²) in [6, 6.07) is 0. The summed E-state index contributed by atoms with van der Waals surface area (Å²) in [5.74, 6) is 1.49. The topological polar surface area (TPSA) is 49.9 Å². The molecule has 0 bridgehead atoms. The van der Waals surface area contributed by atoms with Crippen LogP contribution in [0.3, 0.4) is 0 Å². The van der Waals surface area contributed by atoms with E-state index < -0.39 is 0 Å². The van der Waals surface area contributed by atoms with E-state index >= 15 is 0 Å². The molecule has 1 aliphatic rings. The molecular weight excluding hydrogens is 202 g/mol. The Hall–Kier alpha value is -0.740. The van der Waals surface area contributed by atoms with Crippen LogP contribution in [0.5, 0.6) is 5.75 Å². The van der Waals surface area contributed by atoms with Crippen molar-refractivity contribution < 1.29 is 4.74 Å². The minimum absolute atomic E-state index is 0. The van der Waals surface area contributed by atoms with Crippen LogP contribution >= 0.6 is 12.4 Å². The second-order valence-corrected chi connectivity index (χ2v) is 3.46. The number of nitrogens with one attached hydrogen (secondary N) is 2. The molecule has 0 spiro atoms. The van der Waals surface area contributed by atoms with Gasteiger partial charge in [0.1, 0.15) is 0 Å². The van der Waals surface area contributed by atoms with Gasteiger partial charge < -0.3 is 10.1 Å². The number of halogens is 1. The van der Waals surface area contributed by atoms with E-state index in [0.29, 0.717) is 5.92 Å². The van der Waals surface area contributed by atoms with Gasteiger partial charge in [0.25, 0.3) is 0 Å². The van der Waals surface area contributed by atoms with E-state index in [2.05, 4.69) is 15.5 Å². The van der Waals surface area contributed by atoms with Gasteiger partial charge in [-0.1, -0.05) is 0 Å². The van der Waals surface area contributed by atoms with Crippen molar-refractivity contribution in [1.82, 2.24) is 15.5 Å². The van der Waals surface area contributed by atoms with Crippen LogP contribution in [-0.2, 0) is 0 Å². The highest BCUT2D eigenvalue weighted by Crippen LogP contribution is 2.12. The summed E-state index contributed by atoms with van der Waals surface area (Å²) in [5.41, 5.74) is 0. The molecule has 80 valence electrons. The first kappa shape index (κ1) is 11.3. The SMILES string of the molecule is Cl.c1n[nH]cc1OCC1CCCNC1. The van der Waals surface area contributed by atoms with Crippen molar-refractivity contribution in [2.75, 3.05) is 19.7 Å². The van der Waals surface area contributed by atoms with Crippen molar-refractivity contribution in [1.29, 1.82) is 0 Å². The van der Waals surface area contributed by atoms with Gasteiger partial charge in [-0.3, -0.25) is 5.10 Å². The quantitative estimate of drug-likeness (QED) is 0.800. The van der Waals surface area contributed by atoms with Gasteiger partial charge in [-0.15, -0.1) is 12.4 Å². The molecule has 1 aromatic heterocycles. The molecule has 0 radical (unpaired) electrons. The van der Waals surface area contributed by atoms with Crippen LogP contribution in [0.4, 0.5) is 0 Å². The van der Waals surface area contributed by atoms with Crippen molar-refractivity contribution >= 4 is 12.4 Å². The maximum absolute atomic E-state index is 5.55. The van der Waals surface area contributed by atoms with E-state index in [-0.39, 0.29) is 12.4 Å². The Morgan fingerprint density at radius 3 is 3.14 bits per heavy atom. The molecule has 1 aromatic rings. The standard InChI is InChI=1S/C9H15N3O.ClH/c1-2-8(4-10-3-1)7-13-9-5-11-12-6-9;/h5-6,8,10H,1-4,7H2,(H,11,12);1H. The molecule has 0 amide bonds. The summed E-state index contributed by atoms with van der Waals surface area (Å²) in [6.07, 6.45) is 6.01. The lowest BCUT2D eigenvalue weighted by Crippen LogP contribution is -2.32. The molecule has 14 heavy (non-hydrogen) atoms. The first-order chi connectivity index (χ1) is 6.45. The van der Waals surface area contributed by atoms with Crippen LogP contribution in [0.25, 0.3) is 0 Å². The van der Waals surface area contributed by atoms with E-state index in [1.807, 2.05) is 0 Å². The van der Waals surface area contributed by atoms with Gasteiger partial charge in [0, 0.05) is 12.5 Å². The fraction of sp³-hybridized carbons (Fsp3) is 0.667. The van der Waals surface area contributed by atoms with Gasteiger partial charge in [0.05, 0.1) is 19.0 Å². The molecule has 1 saturated heterocycles. The summed E-state index contributed by atoms with van der Waals surface area (Å²) in [6.45, 7) is 3.03. The zero-order chi connectivity index (χ0) is 8.93. The monoisotopic (exact) mass is 217 g/mol. The van der Waals surface area contributed by atoms with Gasteiger partial charge in [-0.25, -0.2) is 0 Å². The molecule has 4 nitrogen and oxygen atoms in total. The van der Waals surface area contributed by atoms with E-state index in [1.165, 1.54) is 12.8 Å². The largest absolute Gasteiger partial charge is 0.490 e. The summed E-state index contributed by atoms with van der Waals surface area (Å²) in [7, 11) is 0. The summed E-state index contributed by atoms with van der Waals surface area (Å²) < 4.78 is 5.55. The maximum Gasteiger partial charge on any atom is 0.156 e. The molecule has 2 N–H and O–H groups in total. The Balaban J connectivity index is 0.000000980. The number of nitrogens with zero attached hydrogens (tertiary/aromatic N) is 1. The van der Waals surface area contributed by atoms with Gasteiger partial charge in [-0.2, -0.15) is 5.10 Å². The molecular formula is C9H16ClN3O. The Bertz CT molecular complexity index is 234. The molecule has 2 heterocycles.